The first-order valence-corrected chi connectivity index (χ1v) is 4.18. The van der Waals surface area contributed by atoms with Gasteiger partial charge in [0, 0.05) is 5.69 Å². The largest absolute Gasteiger partial charge is 0.417 e. The van der Waals surface area contributed by atoms with E-state index in [1.165, 1.54) is 6.08 Å². The van der Waals surface area contributed by atoms with Crippen LogP contribution in [0.25, 0.3) is 6.08 Å². The van der Waals surface area contributed by atoms with Gasteiger partial charge >= 0.3 is 6.18 Å². The van der Waals surface area contributed by atoms with Gasteiger partial charge in [-0.25, -0.2) is 0 Å². The van der Waals surface area contributed by atoms with E-state index in [0.717, 1.165) is 0 Å². The second-order valence-electron chi connectivity index (χ2n) is 3.01. The maximum atomic E-state index is 11.9. The summed E-state index contributed by atoms with van der Waals surface area (Å²) in [5.41, 5.74) is 6.48. The summed E-state index contributed by atoms with van der Waals surface area (Å²) in [6.45, 7) is 0. The molecule has 82 valence electrons. The predicted molar refractivity (Wildman–Crippen MR) is 52.0 cm³/mol. The second kappa shape index (κ2) is 4.35. The molecule has 0 aliphatic rings. The van der Waals surface area contributed by atoms with Crippen molar-refractivity contribution < 1.29 is 18.3 Å². The number of aliphatic hydroxyl groups is 1. The van der Waals surface area contributed by atoms with Crippen molar-refractivity contribution in [1.82, 2.24) is 0 Å². The number of hydrogen-bond donors (Lipinski definition) is 2. The number of halogens is 3. The average molecular weight is 217 g/mol. The van der Waals surface area contributed by atoms with Crippen LogP contribution < -0.4 is 5.73 Å². The molecule has 0 aliphatic heterocycles. The first kappa shape index (κ1) is 11.6. The third-order valence-corrected chi connectivity index (χ3v) is 1.74. The zero-order chi connectivity index (χ0) is 11.5. The maximum Gasteiger partial charge on any atom is 0.417 e. The van der Waals surface area contributed by atoms with Crippen molar-refractivity contribution in [1.29, 1.82) is 0 Å². The molecule has 1 unspecified atom stereocenters. The van der Waals surface area contributed by atoms with E-state index in [4.69, 9.17) is 10.8 Å². The van der Waals surface area contributed by atoms with Gasteiger partial charge in [0.15, 0.2) is 6.10 Å². The van der Waals surface area contributed by atoms with Gasteiger partial charge in [-0.15, -0.1) is 0 Å². The Balaban J connectivity index is 2.70. The summed E-state index contributed by atoms with van der Waals surface area (Å²) in [7, 11) is 0. The zero-order valence-electron chi connectivity index (χ0n) is 7.70. The molecule has 0 aliphatic carbocycles. The Morgan fingerprint density at radius 2 is 1.73 bits per heavy atom. The Morgan fingerprint density at radius 1 is 1.20 bits per heavy atom. The fourth-order valence-corrected chi connectivity index (χ4v) is 0.918. The van der Waals surface area contributed by atoms with Gasteiger partial charge in [-0.05, 0) is 23.8 Å². The third-order valence-electron chi connectivity index (χ3n) is 1.74. The van der Waals surface area contributed by atoms with E-state index in [1.54, 1.807) is 24.3 Å². The summed E-state index contributed by atoms with van der Waals surface area (Å²) < 4.78 is 35.7. The van der Waals surface area contributed by atoms with Gasteiger partial charge in [0.2, 0.25) is 0 Å². The van der Waals surface area contributed by atoms with Crippen LogP contribution in [0.3, 0.4) is 0 Å². The van der Waals surface area contributed by atoms with Crippen LogP contribution in [-0.4, -0.2) is 17.4 Å². The molecule has 5 heteroatoms. The Labute approximate surface area is 84.8 Å². The molecule has 1 atom stereocenters. The van der Waals surface area contributed by atoms with Gasteiger partial charge in [-0.2, -0.15) is 13.2 Å². The smallest absolute Gasteiger partial charge is 0.399 e. The van der Waals surface area contributed by atoms with Gasteiger partial charge in [0.1, 0.15) is 0 Å². The van der Waals surface area contributed by atoms with Crippen LogP contribution in [0, 0.1) is 0 Å². The number of hydrogen-bond acceptors (Lipinski definition) is 2. The van der Waals surface area contributed by atoms with Gasteiger partial charge in [-0.3, -0.25) is 0 Å². The van der Waals surface area contributed by atoms with Crippen molar-refractivity contribution in [3.8, 4) is 0 Å². The molecular weight excluding hydrogens is 207 g/mol. The first-order chi connectivity index (χ1) is 6.89. The minimum Gasteiger partial charge on any atom is -0.399 e. The van der Waals surface area contributed by atoms with Gasteiger partial charge in [0.25, 0.3) is 0 Å². The van der Waals surface area contributed by atoms with E-state index in [1.807, 2.05) is 0 Å². The molecule has 1 aromatic rings. The standard InChI is InChI=1S/C10H10F3NO/c11-10(12,13)9(15)6-3-7-1-4-8(14)5-2-7/h1-6,9,15H,14H2/b6-3+. The third kappa shape index (κ3) is 3.63. The van der Waals surface area contributed by atoms with E-state index in [9.17, 15) is 13.2 Å². The predicted octanol–water partition coefficient (Wildman–Crippen LogP) is 2.21. The summed E-state index contributed by atoms with van der Waals surface area (Å²) in [5, 5.41) is 8.67. The summed E-state index contributed by atoms with van der Waals surface area (Å²) in [5.74, 6) is 0. The number of nitrogens with two attached hydrogens (primary N) is 1. The van der Waals surface area contributed by atoms with Crippen LogP contribution >= 0.6 is 0 Å². The van der Waals surface area contributed by atoms with E-state index in [-0.39, 0.29) is 0 Å². The number of alkyl halides is 3. The summed E-state index contributed by atoms with van der Waals surface area (Å²) >= 11 is 0. The van der Waals surface area contributed by atoms with Gasteiger partial charge in [-0.1, -0.05) is 18.2 Å². The fraction of sp³-hybridized carbons (Fsp3) is 0.200. The van der Waals surface area contributed by atoms with Crippen molar-refractivity contribution in [3.05, 3.63) is 35.9 Å². The van der Waals surface area contributed by atoms with E-state index in [0.29, 0.717) is 17.3 Å². The summed E-state index contributed by atoms with van der Waals surface area (Å²) in [4.78, 5) is 0. The molecule has 0 bridgehead atoms. The molecule has 15 heavy (non-hydrogen) atoms. The van der Waals surface area contributed by atoms with Crippen LogP contribution in [-0.2, 0) is 0 Å². The van der Waals surface area contributed by atoms with Crippen molar-refractivity contribution in [2.24, 2.45) is 0 Å². The minimum absolute atomic E-state index is 0.531. The molecule has 0 aromatic heterocycles. The molecule has 3 N–H and O–H groups in total. The molecule has 2 nitrogen and oxygen atoms in total. The molecule has 0 heterocycles. The lowest BCUT2D eigenvalue weighted by atomic mass is 10.1. The number of anilines is 1. The Hall–Kier alpha value is -1.49. The highest BCUT2D eigenvalue weighted by Crippen LogP contribution is 2.21. The van der Waals surface area contributed by atoms with Crippen LogP contribution in [0.2, 0.25) is 0 Å². The fourth-order valence-electron chi connectivity index (χ4n) is 0.918. The topological polar surface area (TPSA) is 46.2 Å². The van der Waals surface area contributed by atoms with Gasteiger partial charge < -0.3 is 10.8 Å². The molecular formula is C10H10F3NO. The first-order valence-electron chi connectivity index (χ1n) is 4.18. The Kier molecular flexibility index (Phi) is 3.36. The lowest BCUT2D eigenvalue weighted by Crippen LogP contribution is -2.25. The van der Waals surface area contributed by atoms with E-state index >= 15 is 0 Å². The molecule has 0 amide bonds. The van der Waals surface area contributed by atoms with Crippen molar-refractivity contribution in [3.63, 3.8) is 0 Å². The highest BCUT2D eigenvalue weighted by atomic mass is 19.4. The highest BCUT2D eigenvalue weighted by molar-refractivity contribution is 5.53. The Morgan fingerprint density at radius 3 is 2.20 bits per heavy atom. The monoisotopic (exact) mass is 217 g/mol. The summed E-state index contributed by atoms with van der Waals surface area (Å²) in [6, 6.07) is 6.27. The lowest BCUT2D eigenvalue weighted by Gasteiger charge is -2.09. The van der Waals surface area contributed by atoms with Crippen molar-refractivity contribution in [2.45, 2.75) is 12.3 Å². The molecule has 0 spiro atoms. The maximum absolute atomic E-state index is 11.9. The molecule has 1 aromatic carbocycles. The number of benzene rings is 1. The van der Waals surface area contributed by atoms with Crippen LogP contribution in [0.1, 0.15) is 5.56 Å². The summed E-state index contributed by atoms with van der Waals surface area (Å²) in [6.07, 6.45) is -5.18. The second-order valence-corrected chi connectivity index (χ2v) is 3.01. The Bertz CT molecular complexity index is 343. The lowest BCUT2D eigenvalue weighted by molar-refractivity contribution is -0.187. The number of aliphatic hydroxyl groups excluding tert-OH is 1. The van der Waals surface area contributed by atoms with E-state index in [2.05, 4.69) is 0 Å². The van der Waals surface area contributed by atoms with E-state index < -0.39 is 12.3 Å². The molecule has 0 fully saturated rings. The van der Waals surface area contributed by atoms with Crippen LogP contribution in [0.4, 0.5) is 18.9 Å². The normalized spacial score (nSPS) is 14.4. The molecule has 1 rings (SSSR count). The molecule has 0 radical (unpaired) electrons. The quantitative estimate of drug-likeness (QED) is 0.746. The molecule has 0 saturated heterocycles. The molecule has 0 saturated carbocycles. The van der Waals surface area contributed by atoms with Crippen molar-refractivity contribution >= 4 is 11.8 Å². The van der Waals surface area contributed by atoms with Crippen LogP contribution in [0.15, 0.2) is 30.3 Å². The van der Waals surface area contributed by atoms with Crippen molar-refractivity contribution in [2.75, 3.05) is 5.73 Å². The highest BCUT2D eigenvalue weighted by Gasteiger charge is 2.35. The zero-order valence-corrected chi connectivity index (χ0v) is 7.70. The minimum atomic E-state index is -4.62. The number of nitrogen functional groups attached to an aromatic ring is 1. The SMILES string of the molecule is Nc1ccc(/C=C/C(O)C(F)(F)F)cc1. The van der Waals surface area contributed by atoms with Gasteiger partial charge in [0.05, 0.1) is 0 Å². The number of rotatable bonds is 2. The van der Waals surface area contributed by atoms with Crippen LogP contribution in [0.5, 0.6) is 0 Å². The average Bonchev–Trinajstić information content (AvgIpc) is 2.15.